The van der Waals surface area contributed by atoms with Gasteiger partial charge in [-0.1, -0.05) is 11.6 Å². The van der Waals surface area contributed by atoms with Crippen LogP contribution in [0.15, 0.2) is 27.9 Å². The lowest BCUT2D eigenvalue weighted by atomic mass is 10.0. The fraction of sp³-hybridized carbons (Fsp3) is 0.478. The second-order valence-electron chi connectivity index (χ2n) is 8.92. The number of carbonyl (C=O) groups is 1. The van der Waals surface area contributed by atoms with Gasteiger partial charge in [0.1, 0.15) is 17.9 Å². The van der Waals surface area contributed by atoms with Crippen LogP contribution in [0.25, 0.3) is 11.3 Å². The van der Waals surface area contributed by atoms with E-state index in [4.69, 9.17) is 25.8 Å². The molecule has 1 saturated carbocycles. The van der Waals surface area contributed by atoms with Crippen molar-refractivity contribution in [2.24, 2.45) is 0 Å². The minimum atomic E-state index is -3.76. The predicted molar refractivity (Wildman–Crippen MR) is 121 cm³/mol. The van der Waals surface area contributed by atoms with Crippen LogP contribution in [-0.2, 0) is 25.1 Å². The summed E-state index contributed by atoms with van der Waals surface area (Å²) < 4.78 is 44.3. The van der Waals surface area contributed by atoms with Crippen LogP contribution in [0.2, 0.25) is 5.02 Å². The molecule has 176 valence electrons. The highest BCUT2D eigenvalue weighted by molar-refractivity contribution is 7.90. The number of nitrogens with zero attached hydrogens (tertiary/aromatic N) is 1. The number of hydrogen-bond donors (Lipinski definition) is 0. The molecule has 0 radical (unpaired) electrons. The molecule has 10 heteroatoms. The Hall–Kier alpha value is -2.36. The van der Waals surface area contributed by atoms with Crippen molar-refractivity contribution in [3.8, 4) is 17.0 Å². The first-order chi connectivity index (χ1) is 15.7. The molecule has 3 aliphatic rings. The van der Waals surface area contributed by atoms with Gasteiger partial charge in [0, 0.05) is 30.7 Å². The van der Waals surface area contributed by atoms with E-state index in [0.717, 1.165) is 19.3 Å². The number of aromatic nitrogens is 1. The van der Waals surface area contributed by atoms with E-state index in [1.807, 2.05) is 0 Å². The second kappa shape index (κ2) is 8.14. The molecule has 1 atom stereocenters. The Morgan fingerprint density at radius 1 is 1.24 bits per heavy atom. The standard InChI is InChI=1S/C23H24ClNO7S/c1-12(2)32-23(27)17-7-13-11-33(28,29)20-9-19(31-10-15-5-6-30-15)18(24)8-16(20)21(13)25(22(17)26)14-3-4-14/h7-9,12,14-15H,3-6,10-11H2,1-2H3. The van der Waals surface area contributed by atoms with Gasteiger partial charge in [-0.25, -0.2) is 13.2 Å². The van der Waals surface area contributed by atoms with Crippen molar-refractivity contribution in [1.82, 2.24) is 4.57 Å². The molecule has 1 saturated heterocycles. The number of halogens is 1. The third-order valence-corrected chi connectivity index (χ3v) is 7.97. The molecule has 2 fully saturated rings. The smallest absolute Gasteiger partial charge is 0.344 e. The summed E-state index contributed by atoms with van der Waals surface area (Å²) in [5.74, 6) is -0.831. The highest BCUT2D eigenvalue weighted by atomic mass is 35.5. The minimum Gasteiger partial charge on any atom is -0.489 e. The Morgan fingerprint density at radius 3 is 2.58 bits per heavy atom. The lowest BCUT2D eigenvalue weighted by Crippen LogP contribution is -2.33. The van der Waals surface area contributed by atoms with Crippen molar-refractivity contribution < 1.29 is 27.4 Å². The molecule has 3 heterocycles. The van der Waals surface area contributed by atoms with Gasteiger partial charge in [-0.2, -0.15) is 0 Å². The number of carbonyl (C=O) groups excluding carboxylic acids is 1. The Balaban J connectivity index is 1.66. The Bertz CT molecular complexity index is 1310. The SMILES string of the molecule is CC(C)OC(=O)c1cc2c(n(C3CC3)c1=O)-c1cc(Cl)c(OCC3CCO3)cc1S(=O)(=O)C2. The molecule has 1 unspecified atom stereocenters. The van der Waals surface area contributed by atoms with Crippen LogP contribution in [0.4, 0.5) is 0 Å². The van der Waals surface area contributed by atoms with Crippen LogP contribution in [0.1, 0.15) is 55.1 Å². The van der Waals surface area contributed by atoms with Gasteiger partial charge < -0.3 is 18.8 Å². The van der Waals surface area contributed by atoms with Crippen LogP contribution in [0.3, 0.4) is 0 Å². The van der Waals surface area contributed by atoms with Gasteiger partial charge in [-0.3, -0.25) is 4.79 Å². The van der Waals surface area contributed by atoms with Crippen molar-refractivity contribution >= 4 is 27.4 Å². The molecular formula is C23H24ClNO7S. The maximum atomic E-state index is 13.3. The van der Waals surface area contributed by atoms with Gasteiger partial charge >= 0.3 is 5.97 Å². The molecule has 2 aliphatic heterocycles. The first kappa shape index (κ1) is 22.4. The van der Waals surface area contributed by atoms with Crippen LogP contribution >= 0.6 is 11.6 Å². The van der Waals surface area contributed by atoms with Crippen LogP contribution in [-0.4, -0.2) is 44.4 Å². The van der Waals surface area contributed by atoms with E-state index in [1.54, 1.807) is 18.4 Å². The van der Waals surface area contributed by atoms with Crippen molar-refractivity contribution in [3.63, 3.8) is 0 Å². The monoisotopic (exact) mass is 493 g/mol. The molecule has 1 aliphatic carbocycles. The molecule has 5 rings (SSSR count). The zero-order valence-corrected chi connectivity index (χ0v) is 19.9. The number of sulfone groups is 1. The maximum Gasteiger partial charge on any atom is 0.344 e. The lowest BCUT2D eigenvalue weighted by Gasteiger charge is -2.28. The number of benzene rings is 1. The highest BCUT2D eigenvalue weighted by Crippen LogP contribution is 2.46. The minimum absolute atomic E-state index is 0.0292. The first-order valence-electron chi connectivity index (χ1n) is 11.0. The molecule has 0 N–H and O–H groups in total. The van der Waals surface area contributed by atoms with Crippen molar-refractivity contribution in [2.45, 2.75) is 62.0 Å². The summed E-state index contributed by atoms with van der Waals surface area (Å²) in [5.41, 5.74) is 0.591. The van der Waals surface area contributed by atoms with Gasteiger partial charge in [-0.05, 0) is 44.4 Å². The summed E-state index contributed by atoms with van der Waals surface area (Å²) >= 11 is 6.47. The van der Waals surface area contributed by atoms with Gasteiger partial charge in [0.25, 0.3) is 5.56 Å². The third kappa shape index (κ3) is 4.06. The molecule has 33 heavy (non-hydrogen) atoms. The van der Waals surface area contributed by atoms with Crippen LogP contribution in [0.5, 0.6) is 5.75 Å². The van der Waals surface area contributed by atoms with Crippen LogP contribution in [0, 0.1) is 0 Å². The number of esters is 1. The Kier molecular flexibility index (Phi) is 5.54. The van der Waals surface area contributed by atoms with Crippen molar-refractivity contribution in [2.75, 3.05) is 13.2 Å². The van der Waals surface area contributed by atoms with Crippen molar-refractivity contribution in [3.05, 3.63) is 44.7 Å². The van der Waals surface area contributed by atoms with E-state index in [9.17, 15) is 18.0 Å². The van der Waals surface area contributed by atoms with Gasteiger partial charge in [-0.15, -0.1) is 0 Å². The van der Waals surface area contributed by atoms with E-state index in [-0.39, 0.29) is 45.7 Å². The average molecular weight is 494 g/mol. The zero-order valence-electron chi connectivity index (χ0n) is 18.3. The Morgan fingerprint density at radius 2 is 1.97 bits per heavy atom. The highest BCUT2D eigenvalue weighted by Gasteiger charge is 2.38. The average Bonchev–Trinajstić information content (AvgIpc) is 3.51. The summed E-state index contributed by atoms with van der Waals surface area (Å²) in [6.45, 7) is 4.34. The summed E-state index contributed by atoms with van der Waals surface area (Å²) in [6.07, 6.45) is 1.98. The fourth-order valence-corrected chi connectivity index (χ4v) is 5.96. The number of pyridine rings is 1. The summed E-state index contributed by atoms with van der Waals surface area (Å²) in [6, 6.07) is 4.22. The van der Waals surface area contributed by atoms with E-state index >= 15 is 0 Å². The molecule has 0 spiro atoms. The molecule has 0 amide bonds. The normalized spacial score (nSPS) is 20.5. The molecule has 8 nitrogen and oxygen atoms in total. The van der Waals surface area contributed by atoms with Crippen LogP contribution < -0.4 is 10.3 Å². The van der Waals surface area contributed by atoms with E-state index in [2.05, 4.69) is 0 Å². The summed E-state index contributed by atoms with van der Waals surface area (Å²) in [4.78, 5) is 26.0. The second-order valence-corrected chi connectivity index (χ2v) is 11.3. The molecule has 1 aromatic heterocycles. The largest absolute Gasteiger partial charge is 0.489 e. The Labute approximate surface area is 196 Å². The van der Waals surface area contributed by atoms with Gasteiger partial charge in [0.15, 0.2) is 9.84 Å². The van der Waals surface area contributed by atoms with Crippen molar-refractivity contribution in [1.29, 1.82) is 0 Å². The number of hydrogen-bond acceptors (Lipinski definition) is 7. The predicted octanol–water partition coefficient (Wildman–Crippen LogP) is 3.52. The summed E-state index contributed by atoms with van der Waals surface area (Å²) in [5, 5.41) is 0.245. The fourth-order valence-electron chi connectivity index (χ4n) is 4.18. The van der Waals surface area contributed by atoms with E-state index in [1.165, 1.54) is 18.2 Å². The number of ether oxygens (including phenoxy) is 3. The van der Waals surface area contributed by atoms with E-state index in [0.29, 0.717) is 23.4 Å². The third-order valence-electron chi connectivity index (χ3n) is 5.98. The number of rotatable bonds is 6. The first-order valence-corrected chi connectivity index (χ1v) is 13.0. The topological polar surface area (TPSA) is 101 Å². The van der Waals surface area contributed by atoms with Gasteiger partial charge in [0.05, 0.1) is 33.6 Å². The van der Waals surface area contributed by atoms with E-state index < -0.39 is 27.5 Å². The summed E-state index contributed by atoms with van der Waals surface area (Å²) in [7, 11) is -3.76. The molecular weight excluding hydrogens is 470 g/mol. The molecule has 1 aromatic carbocycles. The van der Waals surface area contributed by atoms with Gasteiger partial charge in [0.2, 0.25) is 0 Å². The maximum absolute atomic E-state index is 13.3. The number of fused-ring (bicyclic) bond motifs is 3. The molecule has 0 bridgehead atoms. The zero-order chi connectivity index (χ0) is 23.5. The lowest BCUT2D eigenvalue weighted by molar-refractivity contribution is -0.0720. The quantitative estimate of drug-likeness (QED) is 0.567. The molecule has 2 aromatic rings.